The highest BCUT2D eigenvalue weighted by Crippen LogP contribution is 2.30. The Morgan fingerprint density at radius 2 is 2.32 bits per heavy atom. The molecule has 1 amide bonds. The Kier molecular flexibility index (Phi) is 3.55. The number of carbonyl (C=O) groups excluding carboxylic acids is 1. The average Bonchev–Trinajstić information content (AvgIpc) is 2.94. The van der Waals surface area contributed by atoms with Crippen LogP contribution in [0.2, 0.25) is 0 Å². The first kappa shape index (κ1) is 12.7. The summed E-state index contributed by atoms with van der Waals surface area (Å²) < 4.78 is 7.57. The summed E-state index contributed by atoms with van der Waals surface area (Å²) in [4.78, 5) is 14.3. The minimum atomic E-state index is -0.225. The molecule has 1 aliphatic heterocycles. The Bertz CT molecular complexity index is 428. The molecule has 2 atom stereocenters. The van der Waals surface area contributed by atoms with E-state index < -0.39 is 0 Å². The van der Waals surface area contributed by atoms with Crippen molar-refractivity contribution >= 4 is 5.91 Å². The maximum absolute atomic E-state index is 12.3. The number of hydrogen-bond donors (Lipinski definition) is 0. The van der Waals surface area contributed by atoms with Gasteiger partial charge in [0.25, 0.3) is 0 Å². The molecule has 104 valence electrons. The molecule has 0 bridgehead atoms. The minimum Gasteiger partial charge on any atom is -0.376 e. The monoisotopic (exact) mass is 263 g/mol. The van der Waals surface area contributed by atoms with Crippen molar-refractivity contribution in [3.63, 3.8) is 0 Å². The van der Waals surface area contributed by atoms with Crippen LogP contribution >= 0.6 is 0 Å². The van der Waals surface area contributed by atoms with E-state index >= 15 is 0 Å². The van der Waals surface area contributed by atoms with E-state index in [0.717, 1.165) is 32.0 Å². The highest BCUT2D eigenvalue weighted by atomic mass is 16.5. The van der Waals surface area contributed by atoms with Gasteiger partial charge in [0.1, 0.15) is 6.04 Å². The van der Waals surface area contributed by atoms with Gasteiger partial charge in [0.05, 0.1) is 6.10 Å². The summed E-state index contributed by atoms with van der Waals surface area (Å²) in [5.41, 5.74) is 0. The molecule has 1 aromatic rings. The molecular formula is C14H21N3O2. The van der Waals surface area contributed by atoms with Gasteiger partial charge in [-0.25, -0.2) is 0 Å². The zero-order chi connectivity index (χ0) is 13.2. The normalized spacial score (nSPS) is 24.7. The van der Waals surface area contributed by atoms with Crippen LogP contribution in [0.4, 0.5) is 0 Å². The van der Waals surface area contributed by atoms with Crippen molar-refractivity contribution in [3.8, 4) is 0 Å². The van der Waals surface area contributed by atoms with Crippen LogP contribution < -0.4 is 0 Å². The van der Waals surface area contributed by atoms with Crippen LogP contribution in [0.25, 0.3) is 0 Å². The number of carbonyl (C=O) groups is 1. The van der Waals surface area contributed by atoms with Crippen LogP contribution in [0.15, 0.2) is 18.5 Å². The topological polar surface area (TPSA) is 47.4 Å². The molecule has 0 aromatic carbocycles. The van der Waals surface area contributed by atoms with E-state index in [2.05, 4.69) is 5.10 Å². The molecule has 1 saturated carbocycles. The summed E-state index contributed by atoms with van der Waals surface area (Å²) in [6.07, 6.45) is 7.35. The van der Waals surface area contributed by atoms with Crippen LogP contribution in [0.1, 0.15) is 32.2 Å². The molecular weight excluding hydrogens is 242 g/mol. The second kappa shape index (κ2) is 5.33. The van der Waals surface area contributed by atoms with E-state index in [0.29, 0.717) is 0 Å². The van der Waals surface area contributed by atoms with Crippen molar-refractivity contribution in [3.05, 3.63) is 18.5 Å². The molecule has 1 saturated heterocycles. The van der Waals surface area contributed by atoms with Gasteiger partial charge in [0.2, 0.25) is 5.91 Å². The second-order valence-corrected chi connectivity index (χ2v) is 5.63. The van der Waals surface area contributed by atoms with Gasteiger partial charge in [-0.05, 0) is 38.2 Å². The Morgan fingerprint density at radius 1 is 1.47 bits per heavy atom. The van der Waals surface area contributed by atoms with Crippen LogP contribution in [-0.4, -0.2) is 46.4 Å². The van der Waals surface area contributed by atoms with Gasteiger partial charge in [0, 0.05) is 32.1 Å². The molecule has 0 spiro atoms. The first-order valence-corrected chi connectivity index (χ1v) is 7.13. The molecule has 5 nitrogen and oxygen atoms in total. The third kappa shape index (κ3) is 2.97. The Morgan fingerprint density at radius 3 is 3.00 bits per heavy atom. The summed E-state index contributed by atoms with van der Waals surface area (Å²) in [6.45, 7) is 4.31. The summed E-state index contributed by atoms with van der Waals surface area (Å²) >= 11 is 0. The molecule has 5 heteroatoms. The van der Waals surface area contributed by atoms with E-state index in [1.165, 1.54) is 12.8 Å². The molecule has 2 fully saturated rings. The van der Waals surface area contributed by atoms with Crippen molar-refractivity contribution in [2.45, 2.75) is 38.3 Å². The average molecular weight is 263 g/mol. The van der Waals surface area contributed by atoms with Gasteiger partial charge in [0.15, 0.2) is 0 Å². The van der Waals surface area contributed by atoms with Crippen molar-refractivity contribution in [2.75, 3.05) is 19.7 Å². The fourth-order valence-electron chi connectivity index (χ4n) is 2.51. The number of aromatic nitrogens is 2. The summed E-state index contributed by atoms with van der Waals surface area (Å²) in [5, 5.41) is 4.13. The molecule has 2 heterocycles. The molecule has 3 rings (SSSR count). The third-order valence-electron chi connectivity index (χ3n) is 4.00. The van der Waals surface area contributed by atoms with Crippen molar-refractivity contribution in [1.29, 1.82) is 0 Å². The SMILES string of the molecule is CC(C(=O)N1CCC(OCC2CC2)C1)n1cccn1. The predicted octanol–water partition coefficient (Wildman–Crippen LogP) is 1.47. The number of ether oxygens (including phenoxy) is 1. The minimum absolute atomic E-state index is 0.140. The van der Waals surface area contributed by atoms with Crippen molar-refractivity contribution in [1.82, 2.24) is 14.7 Å². The Hall–Kier alpha value is -1.36. The Labute approximate surface area is 113 Å². The first-order valence-electron chi connectivity index (χ1n) is 7.13. The fraction of sp³-hybridized carbons (Fsp3) is 0.714. The Balaban J connectivity index is 1.50. The van der Waals surface area contributed by atoms with Crippen molar-refractivity contribution in [2.24, 2.45) is 5.92 Å². The third-order valence-corrected chi connectivity index (χ3v) is 4.00. The van der Waals surface area contributed by atoms with Gasteiger partial charge < -0.3 is 9.64 Å². The van der Waals surface area contributed by atoms with E-state index in [1.807, 2.05) is 24.1 Å². The van der Waals surface area contributed by atoms with Crippen LogP contribution in [0, 0.1) is 5.92 Å². The lowest BCUT2D eigenvalue weighted by atomic mass is 10.3. The van der Waals surface area contributed by atoms with Gasteiger partial charge in [-0.3, -0.25) is 9.48 Å². The maximum atomic E-state index is 12.3. The number of nitrogens with zero attached hydrogens (tertiary/aromatic N) is 3. The number of likely N-dealkylation sites (tertiary alicyclic amines) is 1. The summed E-state index contributed by atoms with van der Waals surface area (Å²) in [6, 6.07) is 1.62. The van der Waals surface area contributed by atoms with Gasteiger partial charge >= 0.3 is 0 Å². The smallest absolute Gasteiger partial charge is 0.247 e. The van der Waals surface area contributed by atoms with E-state index in [4.69, 9.17) is 4.74 Å². The standard InChI is InChI=1S/C14H21N3O2/c1-11(17-7-2-6-15-17)14(18)16-8-5-13(9-16)19-10-12-3-4-12/h2,6-7,11-13H,3-5,8-10H2,1H3. The zero-order valence-corrected chi connectivity index (χ0v) is 11.4. The first-order chi connectivity index (χ1) is 9.24. The zero-order valence-electron chi connectivity index (χ0n) is 11.4. The molecule has 19 heavy (non-hydrogen) atoms. The molecule has 2 unspecified atom stereocenters. The van der Waals surface area contributed by atoms with Crippen LogP contribution in [-0.2, 0) is 9.53 Å². The lowest BCUT2D eigenvalue weighted by Gasteiger charge is -2.21. The quantitative estimate of drug-likeness (QED) is 0.808. The lowest BCUT2D eigenvalue weighted by Crippen LogP contribution is -2.35. The lowest BCUT2D eigenvalue weighted by molar-refractivity contribution is -0.134. The van der Waals surface area contributed by atoms with E-state index in [9.17, 15) is 4.79 Å². The van der Waals surface area contributed by atoms with Gasteiger partial charge in [-0.2, -0.15) is 5.10 Å². The maximum Gasteiger partial charge on any atom is 0.247 e. The predicted molar refractivity (Wildman–Crippen MR) is 70.6 cm³/mol. The molecule has 2 aliphatic rings. The fourth-order valence-corrected chi connectivity index (χ4v) is 2.51. The summed E-state index contributed by atoms with van der Waals surface area (Å²) in [5.74, 6) is 0.925. The molecule has 0 radical (unpaired) electrons. The number of hydrogen-bond acceptors (Lipinski definition) is 3. The second-order valence-electron chi connectivity index (χ2n) is 5.63. The number of rotatable bonds is 5. The largest absolute Gasteiger partial charge is 0.376 e. The van der Waals surface area contributed by atoms with Crippen LogP contribution in [0.5, 0.6) is 0 Å². The highest BCUT2D eigenvalue weighted by molar-refractivity contribution is 5.80. The van der Waals surface area contributed by atoms with E-state index in [1.54, 1.807) is 10.9 Å². The number of amides is 1. The molecule has 1 aliphatic carbocycles. The van der Waals surface area contributed by atoms with Gasteiger partial charge in [-0.1, -0.05) is 0 Å². The highest BCUT2D eigenvalue weighted by Gasteiger charge is 2.31. The van der Waals surface area contributed by atoms with Gasteiger partial charge in [-0.15, -0.1) is 0 Å². The van der Waals surface area contributed by atoms with Crippen LogP contribution in [0.3, 0.4) is 0 Å². The summed E-state index contributed by atoms with van der Waals surface area (Å²) in [7, 11) is 0. The van der Waals surface area contributed by atoms with Crippen molar-refractivity contribution < 1.29 is 9.53 Å². The van der Waals surface area contributed by atoms with E-state index in [-0.39, 0.29) is 18.1 Å². The molecule has 0 N–H and O–H groups in total. The molecule has 1 aromatic heterocycles.